The smallest absolute Gasteiger partial charge is 0.381 e. The lowest BCUT2D eigenvalue weighted by Crippen LogP contribution is -2.01. The fourth-order valence-corrected chi connectivity index (χ4v) is 2.74. The SMILES string of the molecule is [C-]#[N+]c1c(SC)nc(-c2ccc(OC)cc2)nc1-n1cnc([N+](=O)[O-])c1. The lowest BCUT2D eigenvalue weighted by molar-refractivity contribution is -0.389. The predicted molar refractivity (Wildman–Crippen MR) is 95.8 cm³/mol. The molecule has 0 aliphatic heterocycles. The van der Waals surface area contributed by atoms with E-state index in [1.165, 1.54) is 28.9 Å². The van der Waals surface area contributed by atoms with E-state index in [2.05, 4.69) is 19.8 Å². The first-order valence-electron chi connectivity index (χ1n) is 7.24. The van der Waals surface area contributed by atoms with Crippen LogP contribution in [0.1, 0.15) is 0 Å². The minimum Gasteiger partial charge on any atom is -0.497 e. The second-order valence-electron chi connectivity index (χ2n) is 4.97. The van der Waals surface area contributed by atoms with Gasteiger partial charge in [-0.2, -0.15) is 0 Å². The minimum atomic E-state index is -0.602. The molecule has 0 saturated heterocycles. The number of nitrogens with zero attached hydrogens (tertiary/aromatic N) is 6. The van der Waals surface area contributed by atoms with Crippen molar-refractivity contribution in [3.63, 3.8) is 0 Å². The van der Waals surface area contributed by atoms with Crippen LogP contribution in [0.15, 0.2) is 41.8 Å². The van der Waals surface area contributed by atoms with Crippen molar-refractivity contribution in [2.24, 2.45) is 0 Å². The number of ether oxygens (including phenoxy) is 1. The van der Waals surface area contributed by atoms with Crippen molar-refractivity contribution in [3.05, 3.63) is 58.3 Å². The normalized spacial score (nSPS) is 10.3. The van der Waals surface area contributed by atoms with Crippen molar-refractivity contribution >= 4 is 23.3 Å². The van der Waals surface area contributed by atoms with Gasteiger partial charge in [-0.15, -0.1) is 11.8 Å². The van der Waals surface area contributed by atoms with Crippen LogP contribution < -0.4 is 4.74 Å². The molecule has 0 aliphatic rings. The van der Waals surface area contributed by atoms with E-state index in [4.69, 9.17) is 11.3 Å². The number of thioether (sulfide) groups is 1. The molecule has 0 N–H and O–H groups in total. The molecule has 2 heterocycles. The van der Waals surface area contributed by atoms with E-state index in [-0.39, 0.29) is 17.3 Å². The molecule has 2 aromatic heterocycles. The summed E-state index contributed by atoms with van der Waals surface area (Å²) in [6, 6.07) is 7.16. The second kappa shape index (κ2) is 7.20. The van der Waals surface area contributed by atoms with Gasteiger partial charge in [0.25, 0.3) is 5.69 Å². The quantitative estimate of drug-likeness (QED) is 0.223. The summed E-state index contributed by atoms with van der Waals surface area (Å²) in [5.74, 6) is 1.01. The van der Waals surface area contributed by atoms with Crippen LogP contribution in [0.5, 0.6) is 5.75 Å². The molecule has 0 atom stereocenters. The lowest BCUT2D eigenvalue weighted by Gasteiger charge is -2.10. The van der Waals surface area contributed by atoms with Crippen LogP contribution in [-0.4, -0.2) is 37.8 Å². The van der Waals surface area contributed by atoms with Crippen LogP contribution in [-0.2, 0) is 0 Å². The summed E-state index contributed by atoms with van der Waals surface area (Å²) in [7, 11) is 1.58. The molecule has 0 fully saturated rings. The number of methoxy groups -OCH3 is 1. The molecule has 0 radical (unpaired) electrons. The Balaban J connectivity index is 2.18. The van der Waals surface area contributed by atoms with E-state index < -0.39 is 4.92 Å². The molecule has 3 aromatic rings. The van der Waals surface area contributed by atoms with Crippen molar-refractivity contribution < 1.29 is 9.66 Å². The Hall–Kier alpha value is -3.45. The molecule has 0 spiro atoms. The Kier molecular flexibility index (Phi) is 4.81. The monoisotopic (exact) mass is 368 g/mol. The minimum absolute atomic E-state index is 0.210. The standard InChI is InChI=1S/C16H12N6O3S/c1-17-13-15(21-8-12(18-9-21)22(23)24)19-14(20-16(13)26-3)10-4-6-11(25-2)7-5-10/h4-9H,2-3H3. The van der Waals surface area contributed by atoms with Gasteiger partial charge in [0.05, 0.1) is 13.7 Å². The summed E-state index contributed by atoms with van der Waals surface area (Å²) in [4.78, 5) is 26.4. The summed E-state index contributed by atoms with van der Waals surface area (Å²) in [6.45, 7) is 7.45. The average molecular weight is 368 g/mol. The highest BCUT2D eigenvalue weighted by molar-refractivity contribution is 7.98. The first-order valence-corrected chi connectivity index (χ1v) is 8.46. The van der Waals surface area contributed by atoms with Gasteiger partial charge in [-0.05, 0) is 40.4 Å². The maximum Gasteiger partial charge on any atom is 0.381 e. The third-order valence-corrected chi connectivity index (χ3v) is 4.16. The molecule has 10 heteroatoms. The lowest BCUT2D eigenvalue weighted by atomic mass is 10.2. The van der Waals surface area contributed by atoms with Gasteiger partial charge in [0, 0.05) is 5.56 Å². The molecule has 3 rings (SSSR count). The van der Waals surface area contributed by atoms with Gasteiger partial charge < -0.3 is 14.9 Å². The van der Waals surface area contributed by atoms with E-state index in [1.54, 1.807) is 37.6 Å². The molecular weight excluding hydrogens is 356 g/mol. The van der Waals surface area contributed by atoms with Crippen LogP contribution in [0, 0.1) is 16.7 Å². The maximum atomic E-state index is 10.9. The molecule has 9 nitrogen and oxygen atoms in total. The number of hydrogen-bond acceptors (Lipinski definition) is 7. The summed E-state index contributed by atoms with van der Waals surface area (Å²) in [5.41, 5.74) is 0.940. The Morgan fingerprint density at radius 3 is 2.58 bits per heavy atom. The number of hydrogen-bond donors (Lipinski definition) is 0. The van der Waals surface area contributed by atoms with E-state index >= 15 is 0 Å². The number of nitro groups is 1. The van der Waals surface area contributed by atoms with Gasteiger partial charge >= 0.3 is 5.82 Å². The molecule has 0 saturated carbocycles. The summed E-state index contributed by atoms with van der Waals surface area (Å²) in [6.07, 6.45) is 4.28. The molecule has 0 amide bonds. The summed E-state index contributed by atoms with van der Waals surface area (Å²) >= 11 is 1.30. The molecule has 26 heavy (non-hydrogen) atoms. The van der Waals surface area contributed by atoms with Crippen molar-refractivity contribution in [2.45, 2.75) is 5.03 Å². The zero-order chi connectivity index (χ0) is 18.7. The molecule has 130 valence electrons. The first kappa shape index (κ1) is 17.4. The average Bonchev–Trinajstić information content (AvgIpc) is 3.17. The Bertz CT molecular complexity index is 1010. The van der Waals surface area contributed by atoms with Crippen molar-refractivity contribution in [1.29, 1.82) is 0 Å². The zero-order valence-electron chi connectivity index (χ0n) is 13.8. The number of benzene rings is 1. The van der Waals surface area contributed by atoms with Crippen molar-refractivity contribution in [1.82, 2.24) is 19.5 Å². The van der Waals surface area contributed by atoms with Gasteiger partial charge in [0.1, 0.15) is 17.0 Å². The van der Waals surface area contributed by atoms with Gasteiger partial charge in [-0.3, -0.25) is 4.57 Å². The van der Waals surface area contributed by atoms with Crippen LogP contribution in [0.4, 0.5) is 11.5 Å². The van der Waals surface area contributed by atoms with Crippen molar-refractivity contribution in [3.8, 4) is 23.0 Å². The molecular formula is C16H12N6O3S. The molecule has 1 aromatic carbocycles. The highest BCUT2D eigenvalue weighted by atomic mass is 32.2. The largest absolute Gasteiger partial charge is 0.497 e. The zero-order valence-corrected chi connectivity index (χ0v) is 14.6. The molecule has 0 unspecified atom stereocenters. The van der Waals surface area contributed by atoms with Crippen molar-refractivity contribution in [2.75, 3.05) is 13.4 Å². The van der Waals surface area contributed by atoms with E-state index in [9.17, 15) is 10.1 Å². The number of imidazole rings is 1. The topological polar surface area (TPSA) is 100 Å². The highest BCUT2D eigenvalue weighted by Gasteiger charge is 2.20. The van der Waals surface area contributed by atoms with E-state index in [0.29, 0.717) is 16.6 Å². The third-order valence-electron chi connectivity index (χ3n) is 3.49. The van der Waals surface area contributed by atoms with Gasteiger partial charge in [-0.25, -0.2) is 14.8 Å². The molecule has 0 bridgehead atoms. The maximum absolute atomic E-state index is 10.9. The van der Waals surface area contributed by atoms with E-state index in [0.717, 1.165) is 5.56 Å². The van der Waals surface area contributed by atoms with Gasteiger partial charge in [0.15, 0.2) is 11.6 Å². The number of aromatic nitrogens is 4. The summed E-state index contributed by atoms with van der Waals surface area (Å²) < 4.78 is 6.50. The Labute approximate surface area is 152 Å². The van der Waals surface area contributed by atoms with Gasteiger partial charge in [-0.1, -0.05) is 0 Å². The second-order valence-corrected chi connectivity index (χ2v) is 5.76. The number of rotatable bonds is 5. The van der Waals surface area contributed by atoms with Crippen LogP contribution in [0.3, 0.4) is 0 Å². The Morgan fingerprint density at radius 2 is 2.04 bits per heavy atom. The van der Waals surface area contributed by atoms with Crippen LogP contribution >= 0.6 is 11.8 Å². The third kappa shape index (κ3) is 3.20. The van der Waals surface area contributed by atoms with E-state index in [1.807, 2.05) is 0 Å². The van der Waals surface area contributed by atoms with Crippen LogP contribution in [0.2, 0.25) is 0 Å². The Morgan fingerprint density at radius 1 is 1.31 bits per heavy atom. The summed E-state index contributed by atoms with van der Waals surface area (Å²) in [5, 5.41) is 11.4. The predicted octanol–water partition coefficient (Wildman–Crippen LogP) is 3.52. The first-order chi connectivity index (χ1) is 12.6. The molecule has 0 aliphatic carbocycles. The fourth-order valence-electron chi connectivity index (χ4n) is 2.23. The van der Waals surface area contributed by atoms with Crippen LogP contribution in [0.25, 0.3) is 22.1 Å². The highest BCUT2D eigenvalue weighted by Crippen LogP contribution is 2.34. The van der Waals surface area contributed by atoms with Gasteiger partial charge in [0.2, 0.25) is 6.33 Å². The fraction of sp³-hybridized carbons (Fsp3) is 0.125.